The first-order valence-electron chi connectivity index (χ1n) is 3.89. The number of rotatable bonds is 3. The van der Waals surface area contributed by atoms with Crippen LogP contribution in [-0.2, 0) is 6.42 Å². The molecule has 74 valence electrons. The Hall–Kier alpha value is -0.280. The minimum Gasteiger partial charge on any atom is -0.269 e. The maximum atomic E-state index is 5.74. The lowest BCUT2D eigenvalue weighted by atomic mass is 10.1. The zero-order chi connectivity index (χ0) is 8.97. The van der Waals surface area contributed by atoms with E-state index in [1.165, 1.54) is 5.56 Å². The summed E-state index contributed by atoms with van der Waals surface area (Å²) in [6, 6.07) is 7.83. The molecular formula is C9H14Cl2N2. The second-order valence-electron chi connectivity index (χ2n) is 2.86. The van der Waals surface area contributed by atoms with Crippen LogP contribution in [0.1, 0.15) is 5.56 Å². The number of likely N-dealkylation sites (N-methyl/N-ethyl adjacent to an activating group) is 1. The van der Waals surface area contributed by atoms with Crippen LogP contribution in [0.15, 0.2) is 24.3 Å². The van der Waals surface area contributed by atoms with E-state index in [0.29, 0.717) is 0 Å². The average Bonchev–Trinajstić information content (AvgIpc) is 2.03. The average molecular weight is 221 g/mol. The fourth-order valence-corrected chi connectivity index (χ4v) is 1.08. The number of hydrogen-bond acceptors (Lipinski definition) is 2. The Morgan fingerprint density at radius 1 is 1.31 bits per heavy atom. The lowest BCUT2D eigenvalue weighted by Gasteiger charge is -2.08. The molecular weight excluding hydrogens is 207 g/mol. The van der Waals surface area contributed by atoms with Gasteiger partial charge in [-0.15, -0.1) is 12.4 Å². The maximum Gasteiger partial charge on any atom is 0.0406 e. The molecule has 0 amide bonds. The molecule has 0 aliphatic carbocycles. The molecule has 0 spiro atoms. The summed E-state index contributed by atoms with van der Waals surface area (Å²) < 4.78 is 0. The highest BCUT2D eigenvalue weighted by atomic mass is 35.5. The van der Waals surface area contributed by atoms with E-state index in [1.807, 2.05) is 31.3 Å². The van der Waals surface area contributed by atoms with Gasteiger partial charge < -0.3 is 0 Å². The highest BCUT2D eigenvalue weighted by Gasteiger charge is 1.94. The van der Waals surface area contributed by atoms with E-state index in [1.54, 1.807) is 5.01 Å². The van der Waals surface area contributed by atoms with Gasteiger partial charge >= 0.3 is 0 Å². The SMILES string of the molecule is CN(N)CCc1ccc(Cl)cc1.Cl. The predicted molar refractivity (Wildman–Crippen MR) is 59.2 cm³/mol. The molecule has 0 aliphatic rings. The summed E-state index contributed by atoms with van der Waals surface area (Å²) in [4.78, 5) is 0. The van der Waals surface area contributed by atoms with Gasteiger partial charge in [0.2, 0.25) is 0 Å². The molecule has 0 aliphatic heterocycles. The van der Waals surface area contributed by atoms with Gasteiger partial charge in [0, 0.05) is 18.6 Å². The van der Waals surface area contributed by atoms with E-state index < -0.39 is 0 Å². The molecule has 4 heteroatoms. The van der Waals surface area contributed by atoms with E-state index in [0.717, 1.165) is 18.0 Å². The van der Waals surface area contributed by atoms with Gasteiger partial charge in [0.05, 0.1) is 0 Å². The smallest absolute Gasteiger partial charge is 0.0406 e. The number of halogens is 2. The van der Waals surface area contributed by atoms with Gasteiger partial charge in [-0.3, -0.25) is 5.84 Å². The van der Waals surface area contributed by atoms with Crippen LogP contribution in [0, 0.1) is 0 Å². The van der Waals surface area contributed by atoms with Crippen molar-refractivity contribution >= 4 is 24.0 Å². The van der Waals surface area contributed by atoms with Crippen molar-refractivity contribution in [2.24, 2.45) is 5.84 Å². The van der Waals surface area contributed by atoms with Gasteiger partial charge in [-0.2, -0.15) is 0 Å². The Morgan fingerprint density at radius 2 is 1.85 bits per heavy atom. The number of benzene rings is 1. The van der Waals surface area contributed by atoms with Crippen LogP contribution in [0.25, 0.3) is 0 Å². The molecule has 2 nitrogen and oxygen atoms in total. The molecule has 0 heterocycles. The minimum atomic E-state index is 0. The fourth-order valence-electron chi connectivity index (χ4n) is 0.957. The van der Waals surface area contributed by atoms with Crippen LogP contribution in [0.2, 0.25) is 5.02 Å². The summed E-state index contributed by atoms with van der Waals surface area (Å²) >= 11 is 5.74. The van der Waals surface area contributed by atoms with E-state index in [-0.39, 0.29) is 12.4 Å². The van der Waals surface area contributed by atoms with Gasteiger partial charge in [-0.1, -0.05) is 23.7 Å². The summed E-state index contributed by atoms with van der Waals surface area (Å²) in [6.45, 7) is 0.863. The Kier molecular flexibility index (Phi) is 6.08. The molecule has 0 aromatic heterocycles. The van der Waals surface area contributed by atoms with Crippen molar-refractivity contribution in [2.45, 2.75) is 6.42 Å². The monoisotopic (exact) mass is 220 g/mol. The fraction of sp³-hybridized carbons (Fsp3) is 0.333. The molecule has 1 rings (SSSR count). The van der Waals surface area contributed by atoms with E-state index in [4.69, 9.17) is 17.4 Å². The Morgan fingerprint density at radius 3 is 2.31 bits per heavy atom. The molecule has 1 aromatic carbocycles. The summed E-state index contributed by atoms with van der Waals surface area (Å²) in [7, 11) is 1.86. The van der Waals surface area contributed by atoms with Gasteiger partial charge in [-0.05, 0) is 24.1 Å². The quantitative estimate of drug-likeness (QED) is 0.625. The molecule has 0 fully saturated rings. The number of hydrazine groups is 1. The number of nitrogens with two attached hydrogens (primary N) is 1. The van der Waals surface area contributed by atoms with Crippen LogP contribution in [0.5, 0.6) is 0 Å². The minimum absolute atomic E-state index is 0. The molecule has 2 N–H and O–H groups in total. The van der Waals surface area contributed by atoms with Crippen molar-refractivity contribution in [1.82, 2.24) is 5.01 Å². The van der Waals surface area contributed by atoms with Crippen molar-refractivity contribution in [3.05, 3.63) is 34.9 Å². The molecule has 1 aromatic rings. The molecule has 0 bridgehead atoms. The lowest BCUT2D eigenvalue weighted by Crippen LogP contribution is -2.28. The van der Waals surface area contributed by atoms with Crippen molar-refractivity contribution in [3.8, 4) is 0 Å². The Bertz CT molecular complexity index is 234. The summed E-state index contributed by atoms with van der Waals surface area (Å²) in [5.74, 6) is 5.48. The van der Waals surface area contributed by atoms with Crippen LogP contribution in [-0.4, -0.2) is 18.6 Å². The van der Waals surface area contributed by atoms with Crippen molar-refractivity contribution in [2.75, 3.05) is 13.6 Å². The second kappa shape index (κ2) is 6.22. The molecule has 0 saturated carbocycles. The third-order valence-electron chi connectivity index (χ3n) is 1.67. The van der Waals surface area contributed by atoms with Gasteiger partial charge in [0.25, 0.3) is 0 Å². The molecule has 0 unspecified atom stereocenters. The lowest BCUT2D eigenvalue weighted by molar-refractivity contribution is 0.354. The zero-order valence-electron chi connectivity index (χ0n) is 7.53. The van der Waals surface area contributed by atoms with Crippen molar-refractivity contribution in [3.63, 3.8) is 0 Å². The Labute approximate surface area is 90.1 Å². The molecule has 13 heavy (non-hydrogen) atoms. The highest BCUT2D eigenvalue weighted by Crippen LogP contribution is 2.09. The van der Waals surface area contributed by atoms with E-state index in [9.17, 15) is 0 Å². The first-order valence-corrected chi connectivity index (χ1v) is 4.26. The molecule has 0 atom stereocenters. The van der Waals surface area contributed by atoms with E-state index in [2.05, 4.69) is 0 Å². The highest BCUT2D eigenvalue weighted by molar-refractivity contribution is 6.30. The summed E-state index contributed by atoms with van der Waals surface area (Å²) in [6.07, 6.45) is 0.962. The van der Waals surface area contributed by atoms with Gasteiger partial charge in [0.1, 0.15) is 0 Å². The topological polar surface area (TPSA) is 29.3 Å². The first-order chi connectivity index (χ1) is 5.68. The number of hydrogen-bond donors (Lipinski definition) is 1. The predicted octanol–water partition coefficient (Wildman–Crippen LogP) is 2.11. The normalized spacial score (nSPS) is 9.85. The van der Waals surface area contributed by atoms with Crippen LogP contribution < -0.4 is 5.84 Å². The standard InChI is InChI=1S/C9H13ClN2.ClH/c1-12(11)7-6-8-2-4-9(10)5-3-8;/h2-5H,6-7,11H2,1H3;1H. The third-order valence-corrected chi connectivity index (χ3v) is 1.92. The largest absolute Gasteiger partial charge is 0.269 e. The summed E-state index contributed by atoms with van der Waals surface area (Å²) in [5, 5.41) is 2.45. The molecule has 0 saturated heterocycles. The zero-order valence-corrected chi connectivity index (χ0v) is 9.11. The molecule has 0 radical (unpaired) electrons. The van der Waals surface area contributed by atoms with Crippen LogP contribution in [0.4, 0.5) is 0 Å². The first kappa shape index (κ1) is 12.7. The third kappa shape index (κ3) is 5.11. The van der Waals surface area contributed by atoms with Crippen molar-refractivity contribution < 1.29 is 0 Å². The maximum absolute atomic E-state index is 5.74. The van der Waals surface area contributed by atoms with Gasteiger partial charge in [0.15, 0.2) is 0 Å². The summed E-state index contributed by atoms with van der Waals surface area (Å²) in [5.41, 5.74) is 1.26. The Balaban J connectivity index is 0.00000144. The van der Waals surface area contributed by atoms with Gasteiger partial charge in [-0.25, -0.2) is 5.01 Å². The van der Waals surface area contributed by atoms with Crippen LogP contribution >= 0.6 is 24.0 Å². The number of nitrogens with zero attached hydrogens (tertiary/aromatic N) is 1. The van der Waals surface area contributed by atoms with Crippen molar-refractivity contribution in [1.29, 1.82) is 0 Å². The second-order valence-corrected chi connectivity index (χ2v) is 3.29. The van der Waals surface area contributed by atoms with Crippen LogP contribution in [0.3, 0.4) is 0 Å². The van der Waals surface area contributed by atoms with E-state index >= 15 is 0 Å².